The Morgan fingerprint density at radius 3 is 1.92 bits per heavy atom. The van der Waals surface area contributed by atoms with E-state index in [4.69, 9.17) is 0 Å². The first kappa shape index (κ1) is 28.5. The van der Waals surface area contributed by atoms with E-state index in [1.165, 1.54) is 77.1 Å². The second kappa shape index (κ2) is 10.7. The summed E-state index contributed by atoms with van der Waals surface area (Å²) in [5.74, 6) is 0. The van der Waals surface area contributed by atoms with Crippen LogP contribution in [-0.2, 0) is 5.41 Å². The molecule has 1 atom stereocenters. The third kappa shape index (κ3) is 4.35. The van der Waals surface area contributed by atoms with E-state index in [-0.39, 0.29) is 10.8 Å². The largest absolute Gasteiger partial charge is 0.368 e. The molecule has 234 valence electrons. The van der Waals surface area contributed by atoms with Crippen LogP contribution < -0.4 is 10.2 Å². The van der Waals surface area contributed by atoms with Crippen LogP contribution in [0.25, 0.3) is 43.6 Å². The predicted octanol–water partition coefficient (Wildman–Crippen LogP) is 12.5. The van der Waals surface area contributed by atoms with E-state index in [0.29, 0.717) is 0 Å². The lowest BCUT2D eigenvalue weighted by Crippen LogP contribution is -2.16. The van der Waals surface area contributed by atoms with E-state index >= 15 is 0 Å². The molecule has 0 amide bonds. The Hall–Kier alpha value is -5.51. The van der Waals surface area contributed by atoms with Crippen LogP contribution in [0.2, 0.25) is 0 Å². The van der Waals surface area contributed by atoms with Crippen LogP contribution in [0, 0.1) is 0 Å². The zero-order valence-corrected chi connectivity index (χ0v) is 28.3. The molecule has 3 aliphatic rings. The molecule has 1 heterocycles. The molecular formula is C46H34N2S. The van der Waals surface area contributed by atoms with Gasteiger partial charge in [-0.2, -0.15) is 0 Å². The number of nitrogens with zero attached hydrogens (tertiary/aromatic N) is 1. The van der Waals surface area contributed by atoms with Gasteiger partial charge in [0, 0.05) is 32.9 Å². The van der Waals surface area contributed by atoms with Crippen molar-refractivity contribution in [2.24, 2.45) is 0 Å². The van der Waals surface area contributed by atoms with Crippen molar-refractivity contribution < 1.29 is 0 Å². The van der Waals surface area contributed by atoms with Crippen molar-refractivity contribution in [3.8, 4) is 22.3 Å². The molecule has 1 unspecified atom stereocenters. The summed E-state index contributed by atoms with van der Waals surface area (Å²) < 4.78 is 0. The highest BCUT2D eigenvalue weighted by molar-refractivity contribution is 8.09. The van der Waals surface area contributed by atoms with Gasteiger partial charge < -0.3 is 10.2 Å². The number of fused-ring (bicyclic) bond motifs is 5. The number of nitrogens with one attached hydrogen (secondary N) is 1. The lowest BCUT2D eigenvalue weighted by molar-refractivity contribution is 0.660. The van der Waals surface area contributed by atoms with Gasteiger partial charge in [-0.1, -0.05) is 147 Å². The Bertz CT molecular complexity index is 2410. The molecule has 0 saturated carbocycles. The Morgan fingerprint density at radius 1 is 0.531 bits per heavy atom. The third-order valence-corrected chi connectivity index (χ3v) is 12.0. The second-order valence-electron chi connectivity index (χ2n) is 13.8. The van der Waals surface area contributed by atoms with Crippen LogP contribution in [0.15, 0.2) is 158 Å². The molecule has 3 heteroatoms. The van der Waals surface area contributed by atoms with Gasteiger partial charge in [0.15, 0.2) is 0 Å². The summed E-state index contributed by atoms with van der Waals surface area (Å²) in [7, 11) is 0. The molecule has 49 heavy (non-hydrogen) atoms. The van der Waals surface area contributed by atoms with Crippen molar-refractivity contribution in [1.82, 2.24) is 5.32 Å². The van der Waals surface area contributed by atoms with Gasteiger partial charge >= 0.3 is 0 Å². The minimum atomic E-state index is -0.0731. The Labute approximate surface area is 291 Å². The van der Waals surface area contributed by atoms with E-state index < -0.39 is 0 Å². The third-order valence-electron chi connectivity index (χ3n) is 10.7. The zero-order valence-electron chi connectivity index (χ0n) is 27.4. The van der Waals surface area contributed by atoms with Crippen LogP contribution in [0.1, 0.15) is 47.0 Å². The molecular weight excluding hydrogens is 613 g/mol. The van der Waals surface area contributed by atoms with Gasteiger partial charge in [-0.25, -0.2) is 0 Å². The van der Waals surface area contributed by atoms with Gasteiger partial charge in [-0.15, -0.1) is 0 Å². The predicted molar refractivity (Wildman–Crippen MR) is 208 cm³/mol. The standard InChI is InChI=1S/C46H34N2S/c1-46(2)40-17-7-6-14-36(40)37-27-26-35(28-41(37)46)48(33-22-18-30(19-23-33)29-10-4-3-5-11-29)34-24-20-32(21-25-34)45-47-43-38-15-8-12-31-13-9-16-39(42(31)38)44(43)49-45/h3-28,45,47H,1-2H3. The van der Waals surface area contributed by atoms with E-state index in [1.807, 2.05) is 11.8 Å². The molecule has 1 N–H and O–H groups in total. The quantitative estimate of drug-likeness (QED) is 0.200. The second-order valence-corrected chi connectivity index (χ2v) is 14.9. The monoisotopic (exact) mass is 646 g/mol. The molecule has 0 bridgehead atoms. The van der Waals surface area contributed by atoms with E-state index in [9.17, 15) is 0 Å². The average molecular weight is 647 g/mol. The minimum absolute atomic E-state index is 0.0731. The molecule has 7 aromatic rings. The lowest BCUT2D eigenvalue weighted by Gasteiger charge is -2.28. The van der Waals surface area contributed by atoms with E-state index in [0.717, 1.165) is 11.4 Å². The Kier molecular flexibility index (Phi) is 6.25. The van der Waals surface area contributed by atoms with Gasteiger partial charge in [0.05, 0.1) is 5.70 Å². The van der Waals surface area contributed by atoms with Crippen molar-refractivity contribution >= 4 is 50.2 Å². The highest BCUT2D eigenvalue weighted by atomic mass is 32.2. The molecule has 2 aliphatic carbocycles. The molecule has 0 spiro atoms. The van der Waals surface area contributed by atoms with Crippen LogP contribution in [0.5, 0.6) is 0 Å². The molecule has 1 aliphatic heterocycles. The summed E-state index contributed by atoms with van der Waals surface area (Å²) in [6.45, 7) is 4.71. The number of anilines is 3. The Morgan fingerprint density at radius 2 is 1.14 bits per heavy atom. The number of rotatable bonds is 5. The first-order valence-electron chi connectivity index (χ1n) is 17.0. The van der Waals surface area contributed by atoms with Crippen molar-refractivity contribution in [2.75, 3.05) is 4.90 Å². The lowest BCUT2D eigenvalue weighted by atomic mass is 9.82. The first-order chi connectivity index (χ1) is 24.0. The summed E-state index contributed by atoms with van der Waals surface area (Å²) >= 11 is 1.93. The number of thioether (sulfide) groups is 1. The summed E-state index contributed by atoms with van der Waals surface area (Å²) in [5.41, 5.74) is 16.5. The maximum atomic E-state index is 3.88. The van der Waals surface area contributed by atoms with Crippen molar-refractivity contribution in [2.45, 2.75) is 24.6 Å². The van der Waals surface area contributed by atoms with Crippen LogP contribution in [-0.4, -0.2) is 0 Å². The van der Waals surface area contributed by atoms with E-state index in [1.54, 1.807) is 0 Å². The summed E-state index contributed by atoms with van der Waals surface area (Å²) in [4.78, 5) is 3.77. The number of benzene rings is 7. The van der Waals surface area contributed by atoms with E-state index in [2.05, 4.69) is 182 Å². The SMILES string of the molecule is CC1(C)c2ccccc2-c2ccc(N(c3ccc(-c4ccccc4)cc3)c3ccc(C4NC5=C(S4)c4cccc6cccc5c46)cc3)cc21. The highest BCUT2D eigenvalue weighted by Crippen LogP contribution is 2.55. The van der Waals surface area contributed by atoms with Crippen LogP contribution >= 0.6 is 11.8 Å². The zero-order chi connectivity index (χ0) is 32.7. The topological polar surface area (TPSA) is 15.3 Å². The molecule has 7 aromatic carbocycles. The molecule has 0 fully saturated rings. The maximum Gasteiger partial charge on any atom is 0.103 e. The molecule has 0 radical (unpaired) electrons. The van der Waals surface area contributed by atoms with Gasteiger partial charge in [0.1, 0.15) is 5.37 Å². The normalized spacial score (nSPS) is 16.3. The first-order valence-corrected chi connectivity index (χ1v) is 17.9. The molecule has 0 aromatic heterocycles. The van der Waals surface area contributed by atoms with Crippen molar-refractivity contribution in [3.05, 3.63) is 186 Å². The number of hydrogen-bond acceptors (Lipinski definition) is 3. The molecule has 2 nitrogen and oxygen atoms in total. The smallest absolute Gasteiger partial charge is 0.103 e. The Balaban J connectivity index is 1.02. The minimum Gasteiger partial charge on any atom is -0.368 e. The molecule has 10 rings (SSSR count). The summed E-state index contributed by atoms with van der Waals surface area (Å²) in [6, 6.07) is 58.0. The van der Waals surface area contributed by atoms with Gasteiger partial charge in [0.25, 0.3) is 0 Å². The fourth-order valence-corrected chi connectivity index (χ4v) is 9.49. The van der Waals surface area contributed by atoms with Gasteiger partial charge in [-0.3, -0.25) is 0 Å². The number of hydrogen-bond donors (Lipinski definition) is 1. The fraction of sp³-hybridized carbons (Fsp3) is 0.0870. The van der Waals surface area contributed by atoms with Gasteiger partial charge in [-0.05, 0) is 91.7 Å². The summed E-state index contributed by atoms with van der Waals surface area (Å²) in [5, 5.41) is 6.73. The highest BCUT2D eigenvalue weighted by Gasteiger charge is 2.36. The summed E-state index contributed by atoms with van der Waals surface area (Å²) in [6.07, 6.45) is 0. The average Bonchev–Trinajstić information content (AvgIpc) is 3.79. The fourth-order valence-electron chi connectivity index (χ4n) is 8.20. The van der Waals surface area contributed by atoms with Crippen LogP contribution in [0.4, 0.5) is 17.1 Å². The maximum absolute atomic E-state index is 3.88. The van der Waals surface area contributed by atoms with Crippen molar-refractivity contribution in [3.63, 3.8) is 0 Å². The molecule has 0 saturated heterocycles. The van der Waals surface area contributed by atoms with Gasteiger partial charge in [0.2, 0.25) is 0 Å². The van der Waals surface area contributed by atoms with Crippen LogP contribution in [0.3, 0.4) is 0 Å². The van der Waals surface area contributed by atoms with Crippen molar-refractivity contribution in [1.29, 1.82) is 0 Å².